The summed E-state index contributed by atoms with van der Waals surface area (Å²) in [6.07, 6.45) is 6.93. The lowest BCUT2D eigenvalue weighted by atomic mass is 9.84. The lowest BCUT2D eigenvalue weighted by molar-refractivity contribution is 0.443. The van der Waals surface area contributed by atoms with Gasteiger partial charge in [-0.15, -0.1) is 0 Å². The van der Waals surface area contributed by atoms with Gasteiger partial charge < -0.3 is 0 Å². The first-order chi connectivity index (χ1) is 8.83. The molecular formula is C16H20N2. The van der Waals surface area contributed by atoms with Gasteiger partial charge in [-0.05, 0) is 37.3 Å². The summed E-state index contributed by atoms with van der Waals surface area (Å²) in [5, 5.41) is 7.30. The summed E-state index contributed by atoms with van der Waals surface area (Å²) in [6.45, 7) is 2.03. The summed E-state index contributed by atoms with van der Waals surface area (Å²) in [5.74, 6) is 0.786. The minimum atomic E-state index is 0.786. The zero-order chi connectivity index (χ0) is 12.4. The van der Waals surface area contributed by atoms with Crippen LogP contribution in [0.3, 0.4) is 0 Å². The molecule has 1 aromatic carbocycles. The SMILES string of the molecule is Cc1cc(-c2ccc(C3CCCCC3)cc2)n[nH]1. The van der Waals surface area contributed by atoms with Crippen LogP contribution in [0.25, 0.3) is 11.3 Å². The van der Waals surface area contributed by atoms with E-state index in [2.05, 4.69) is 40.5 Å². The molecular weight excluding hydrogens is 220 g/mol. The topological polar surface area (TPSA) is 28.7 Å². The fraction of sp³-hybridized carbons (Fsp3) is 0.438. The zero-order valence-electron chi connectivity index (χ0n) is 10.9. The molecule has 18 heavy (non-hydrogen) atoms. The highest BCUT2D eigenvalue weighted by atomic mass is 15.1. The number of aromatic nitrogens is 2. The molecule has 0 aliphatic heterocycles. The maximum atomic E-state index is 4.30. The van der Waals surface area contributed by atoms with Crippen molar-refractivity contribution in [2.75, 3.05) is 0 Å². The number of aromatic amines is 1. The number of H-pyrrole nitrogens is 1. The smallest absolute Gasteiger partial charge is 0.0923 e. The Morgan fingerprint density at radius 2 is 1.78 bits per heavy atom. The molecule has 0 spiro atoms. The van der Waals surface area contributed by atoms with Gasteiger partial charge in [0.05, 0.1) is 5.69 Å². The van der Waals surface area contributed by atoms with Gasteiger partial charge in [-0.3, -0.25) is 5.10 Å². The van der Waals surface area contributed by atoms with Crippen LogP contribution in [0.15, 0.2) is 30.3 Å². The van der Waals surface area contributed by atoms with Gasteiger partial charge in [-0.2, -0.15) is 5.10 Å². The largest absolute Gasteiger partial charge is 0.282 e. The van der Waals surface area contributed by atoms with Crippen LogP contribution in [0.5, 0.6) is 0 Å². The van der Waals surface area contributed by atoms with E-state index >= 15 is 0 Å². The molecule has 3 rings (SSSR count). The Labute approximate surface area is 108 Å². The van der Waals surface area contributed by atoms with Crippen LogP contribution in [-0.4, -0.2) is 10.2 Å². The van der Waals surface area contributed by atoms with E-state index in [0.717, 1.165) is 17.3 Å². The molecule has 1 aromatic heterocycles. The molecule has 0 atom stereocenters. The average molecular weight is 240 g/mol. The molecule has 0 saturated heterocycles. The summed E-state index contributed by atoms with van der Waals surface area (Å²) in [4.78, 5) is 0. The number of hydrogen-bond acceptors (Lipinski definition) is 1. The van der Waals surface area contributed by atoms with Gasteiger partial charge in [0.2, 0.25) is 0 Å². The molecule has 1 saturated carbocycles. The second-order valence-electron chi connectivity index (χ2n) is 5.39. The third-order valence-corrected chi connectivity index (χ3v) is 3.99. The number of nitrogens with one attached hydrogen (secondary N) is 1. The molecule has 0 bridgehead atoms. The molecule has 1 N–H and O–H groups in total. The van der Waals surface area contributed by atoms with Crippen molar-refractivity contribution in [1.82, 2.24) is 10.2 Å². The van der Waals surface area contributed by atoms with Gasteiger partial charge in [0, 0.05) is 11.3 Å². The maximum absolute atomic E-state index is 4.30. The highest BCUT2D eigenvalue weighted by Gasteiger charge is 2.15. The van der Waals surface area contributed by atoms with Crippen molar-refractivity contribution < 1.29 is 0 Å². The number of aryl methyl sites for hydroxylation is 1. The molecule has 2 nitrogen and oxygen atoms in total. The summed E-state index contributed by atoms with van der Waals surface area (Å²) in [5.41, 5.74) is 4.87. The van der Waals surface area contributed by atoms with Gasteiger partial charge in [-0.1, -0.05) is 43.5 Å². The lowest BCUT2D eigenvalue weighted by Crippen LogP contribution is -2.04. The second-order valence-corrected chi connectivity index (χ2v) is 5.39. The normalized spacial score (nSPS) is 16.9. The lowest BCUT2D eigenvalue weighted by Gasteiger charge is -2.21. The van der Waals surface area contributed by atoms with Gasteiger partial charge in [0.1, 0.15) is 0 Å². The van der Waals surface area contributed by atoms with E-state index in [1.807, 2.05) is 6.92 Å². The summed E-state index contributed by atoms with van der Waals surface area (Å²) in [7, 11) is 0. The molecule has 0 unspecified atom stereocenters. The van der Waals surface area contributed by atoms with Crippen LogP contribution < -0.4 is 0 Å². The molecule has 1 fully saturated rings. The Morgan fingerprint density at radius 1 is 1.06 bits per heavy atom. The first-order valence-electron chi connectivity index (χ1n) is 6.95. The number of benzene rings is 1. The van der Waals surface area contributed by atoms with E-state index < -0.39 is 0 Å². The quantitative estimate of drug-likeness (QED) is 0.826. The molecule has 1 aliphatic rings. The molecule has 1 aliphatic carbocycles. The summed E-state index contributed by atoms with van der Waals surface area (Å²) >= 11 is 0. The Balaban J connectivity index is 1.80. The van der Waals surface area contributed by atoms with Crippen molar-refractivity contribution in [1.29, 1.82) is 0 Å². The Kier molecular flexibility index (Phi) is 3.18. The number of nitrogens with zero attached hydrogens (tertiary/aromatic N) is 1. The first kappa shape index (κ1) is 11.5. The monoisotopic (exact) mass is 240 g/mol. The predicted molar refractivity (Wildman–Crippen MR) is 74.6 cm³/mol. The fourth-order valence-corrected chi connectivity index (χ4v) is 2.93. The maximum Gasteiger partial charge on any atom is 0.0923 e. The van der Waals surface area contributed by atoms with E-state index in [-0.39, 0.29) is 0 Å². The van der Waals surface area contributed by atoms with Gasteiger partial charge in [0.25, 0.3) is 0 Å². The molecule has 94 valence electrons. The minimum absolute atomic E-state index is 0.786. The molecule has 2 heteroatoms. The standard InChI is InChI=1S/C16H20N2/c1-12-11-16(18-17-12)15-9-7-14(8-10-15)13-5-3-2-4-6-13/h7-11,13H,2-6H2,1H3,(H,17,18). The number of rotatable bonds is 2. The van der Waals surface area contributed by atoms with E-state index in [0.29, 0.717) is 0 Å². The third-order valence-electron chi connectivity index (χ3n) is 3.99. The van der Waals surface area contributed by atoms with Crippen LogP contribution in [0, 0.1) is 6.92 Å². The third kappa shape index (κ3) is 2.33. The van der Waals surface area contributed by atoms with Crippen LogP contribution in [-0.2, 0) is 0 Å². The van der Waals surface area contributed by atoms with Gasteiger partial charge in [0.15, 0.2) is 0 Å². The molecule has 2 aromatic rings. The van der Waals surface area contributed by atoms with Crippen molar-refractivity contribution in [3.8, 4) is 11.3 Å². The minimum Gasteiger partial charge on any atom is -0.282 e. The van der Waals surface area contributed by atoms with Gasteiger partial charge in [-0.25, -0.2) is 0 Å². The second kappa shape index (κ2) is 4.97. The Bertz CT molecular complexity index is 504. The van der Waals surface area contributed by atoms with E-state index in [9.17, 15) is 0 Å². The van der Waals surface area contributed by atoms with Crippen LogP contribution in [0.1, 0.15) is 49.3 Å². The molecule has 0 radical (unpaired) electrons. The van der Waals surface area contributed by atoms with E-state index in [1.165, 1.54) is 43.2 Å². The van der Waals surface area contributed by atoms with Crippen LogP contribution in [0.2, 0.25) is 0 Å². The summed E-state index contributed by atoms with van der Waals surface area (Å²) in [6, 6.07) is 11.1. The number of hydrogen-bond donors (Lipinski definition) is 1. The van der Waals surface area contributed by atoms with Crippen LogP contribution >= 0.6 is 0 Å². The van der Waals surface area contributed by atoms with E-state index in [4.69, 9.17) is 0 Å². The molecule has 1 heterocycles. The summed E-state index contributed by atoms with van der Waals surface area (Å²) < 4.78 is 0. The van der Waals surface area contributed by atoms with Crippen LogP contribution in [0.4, 0.5) is 0 Å². The van der Waals surface area contributed by atoms with E-state index in [1.54, 1.807) is 0 Å². The first-order valence-corrected chi connectivity index (χ1v) is 6.95. The predicted octanol–water partition coefficient (Wildman–Crippen LogP) is 4.43. The zero-order valence-corrected chi connectivity index (χ0v) is 10.9. The van der Waals surface area contributed by atoms with Gasteiger partial charge >= 0.3 is 0 Å². The van der Waals surface area contributed by atoms with Crippen molar-refractivity contribution in [2.24, 2.45) is 0 Å². The van der Waals surface area contributed by atoms with Crippen molar-refractivity contribution >= 4 is 0 Å². The highest BCUT2D eigenvalue weighted by molar-refractivity contribution is 5.59. The average Bonchev–Trinajstić information content (AvgIpc) is 2.87. The highest BCUT2D eigenvalue weighted by Crippen LogP contribution is 2.33. The molecule has 0 amide bonds. The Hall–Kier alpha value is -1.57. The van der Waals surface area contributed by atoms with Crippen molar-refractivity contribution in [3.63, 3.8) is 0 Å². The van der Waals surface area contributed by atoms with Crippen molar-refractivity contribution in [3.05, 3.63) is 41.6 Å². The Morgan fingerprint density at radius 3 is 2.39 bits per heavy atom. The fourth-order valence-electron chi connectivity index (χ4n) is 2.93. The van der Waals surface area contributed by atoms with Crippen molar-refractivity contribution in [2.45, 2.75) is 44.9 Å².